The van der Waals surface area contributed by atoms with Crippen LogP contribution in [-0.2, 0) is 14.8 Å². The summed E-state index contributed by atoms with van der Waals surface area (Å²) in [6.45, 7) is 3.36. The zero-order valence-corrected chi connectivity index (χ0v) is 19.0. The largest absolute Gasteiger partial charge is 0.482 e. The third kappa shape index (κ3) is 5.66. The molecule has 172 valence electrons. The third-order valence-electron chi connectivity index (χ3n) is 4.97. The van der Waals surface area contributed by atoms with E-state index < -0.39 is 27.5 Å². The Hall–Kier alpha value is -3.92. The van der Waals surface area contributed by atoms with E-state index >= 15 is 0 Å². The SMILES string of the molecule is Cc1ccc(S(=O)(=O)N(C)c2ccc(OC(=O)COc3ccc([N+](=O)[O-])cc3)cc2)cc1C. The zero-order valence-electron chi connectivity index (χ0n) is 18.2. The lowest BCUT2D eigenvalue weighted by atomic mass is 10.1. The molecule has 0 aromatic heterocycles. The number of nitrogens with zero attached hydrogens (tertiary/aromatic N) is 2. The van der Waals surface area contributed by atoms with Crippen molar-refractivity contribution in [1.29, 1.82) is 0 Å². The Kier molecular flexibility index (Phi) is 6.98. The number of sulfonamides is 1. The highest BCUT2D eigenvalue weighted by Crippen LogP contribution is 2.25. The number of anilines is 1. The van der Waals surface area contributed by atoms with E-state index in [2.05, 4.69) is 0 Å². The van der Waals surface area contributed by atoms with Crippen LogP contribution in [-0.4, -0.2) is 33.0 Å². The van der Waals surface area contributed by atoms with Crippen molar-refractivity contribution < 1.29 is 27.6 Å². The Bertz CT molecular complexity index is 1270. The molecule has 10 heteroatoms. The van der Waals surface area contributed by atoms with Gasteiger partial charge in [0.1, 0.15) is 11.5 Å². The molecule has 0 heterocycles. The highest BCUT2D eigenvalue weighted by Gasteiger charge is 2.22. The first-order valence-corrected chi connectivity index (χ1v) is 11.3. The van der Waals surface area contributed by atoms with Crippen molar-refractivity contribution in [1.82, 2.24) is 0 Å². The van der Waals surface area contributed by atoms with Crippen LogP contribution >= 0.6 is 0 Å². The van der Waals surface area contributed by atoms with Gasteiger partial charge < -0.3 is 9.47 Å². The molecule has 0 atom stereocenters. The van der Waals surface area contributed by atoms with E-state index in [1.807, 2.05) is 13.8 Å². The Morgan fingerprint density at radius 1 is 0.939 bits per heavy atom. The van der Waals surface area contributed by atoms with Gasteiger partial charge in [-0.3, -0.25) is 14.4 Å². The Morgan fingerprint density at radius 3 is 2.12 bits per heavy atom. The number of hydrogen-bond acceptors (Lipinski definition) is 7. The predicted octanol–water partition coefficient (Wildman–Crippen LogP) is 4.02. The van der Waals surface area contributed by atoms with Crippen LogP contribution in [0.1, 0.15) is 11.1 Å². The summed E-state index contributed by atoms with van der Waals surface area (Å²) in [5.41, 5.74) is 2.19. The van der Waals surface area contributed by atoms with E-state index in [0.717, 1.165) is 15.4 Å². The fourth-order valence-corrected chi connectivity index (χ4v) is 4.14. The highest BCUT2D eigenvalue weighted by atomic mass is 32.2. The monoisotopic (exact) mass is 470 g/mol. The molecular weight excluding hydrogens is 448 g/mol. The lowest BCUT2D eigenvalue weighted by Crippen LogP contribution is -2.26. The van der Waals surface area contributed by atoms with Gasteiger partial charge in [0.05, 0.1) is 15.5 Å². The van der Waals surface area contributed by atoms with Gasteiger partial charge in [0, 0.05) is 19.2 Å². The molecule has 0 unspecified atom stereocenters. The van der Waals surface area contributed by atoms with Gasteiger partial charge in [0.2, 0.25) is 0 Å². The molecule has 0 N–H and O–H groups in total. The summed E-state index contributed by atoms with van der Waals surface area (Å²) < 4.78 is 37.5. The molecule has 0 spiro atoms. The second-order valence-electron chi connectivity index (χ2n) is 7.23. The normalized spacial score (nSPS) is 11.0. The van der Waals surface area contributed by atoms with Crippen LogP contribution in [0.2, 0.25) is 0 Å². The van der Waals surface area contributed by atoms with Crippen molar-refractivity contribution in [3.8, 4) is 11.5 Å². The Morgan fingerprint density at radius 2 is 1.55 bits per heavy atom. The number of nitro benzene ring substituents is 1. The molecule has 0 bridgehead atoms. The molecule has 0 aliphatic carbocycles. The van der Waals surface area contributed by atoms with Gasteiger partial charge in [-0.05, 0) is 73.5 Å². The van der Waals surface area contributed by atoms with Crippen LogP contribution < -0.4 is 13.8 Å². The number of carbonyl (C=O) groups is 1. The maximum absolute atomic E-state index is 12.9. The number of non-ortho nitro benzene ring substituents is 1. The molecule has 33 heavy (non-hydrogen) atoms. The minimum Gasteiger partial charge on any atom is -0.482 e. The molecule has 9 nitrogen and oxygen atoms in total. The summed E-state index contributed by atoms with van der Waals surface area (Å²) in [5.74, 6) is -0.184. The average Bonchev–Trinajstić information content (AvgIpc) is 2.79. The second kappa shape index (κ2) is 9.70. The van der Waals surface area contributed by atoms with Crippen molar-refractivity contribution in [2.75, 3.05) is 18.0 Å². The molecule has 0 saturated carbocycles. The molecule has 0 amide bonds. The maximum atomic E-state index is 12.9. The molecular formula is C23H22N2O7S. The maximum Gasteiger partial charge on any atom is 0.349 e. The molecule has 0 aliphatic heterocycles. The highest BCUT2D eigenvalue weighted by molar-refractivity contribution is 7.92. The topological polar surface area (TPSA) is 116 Å². The molecule has 3 rings (SSSR count). The van der Waals surface area contributed by atoms with Gasteiger partial charge >= 0.3 is 5.97 Å². The first-order chi connectivity index (χ1) is 15.6. The zero-order chi connectivity index (χ0) is 24.2. The fourth-order valence-electron chi connectivity index (χ4n) is 2.86. The molecule has 0 fully saturated rings. The van der Waals surface area contributed by atoms with Crippen molar-refractivity contribution in [3.05, 3.63) is 88.0 Å². The molecule has 3 aromatic rings. The number of hydrogen-bond donors (Lipinski definition) is 0. The van der Waals surface area contributed by atoms with E-state index in [1.54, 1.807) is 18.2 Å². The van der Waals surface area contributed by atoms with Crippen LogP contribution in [0.3, 0.4) is 0 Å². The van der Waals surface area contributed by atoms with Crippen molar-refractivity contribution in [2.24, 2.45) is 0 Å². The minimum absolute atomic E-state index is 0.0884. The molecule has 3 aromatic carbocycles. The number of esters is 1. The summed E-state index contributed by atoms with van der Waals surface area (Å²) in [7, 11) is -2.30. The number of nitro groups is 1. The number of benzene rings is 3. The number of aryl methyl sites for hydroxylation is 2. The quantitative estimate of drug-likeness (QED) is 0.211. The van der Waals surface area contributed by atoms with E-state index in [9.17, 15) is 23.3 Å². The smallest absolute Gasteiger partial charge is 0.349 e. The fraction of sp³-hybridized carbons (Fsp3) is 0.174. The van der Waals surface area contributed by atoms with Crippen LogP contribution in [0.25, 0.3) is 0 Å². The van der Waals surface area contributed by atoms with Gasteiger partial charge in [-0.15, -0.1) is 0 Å². The summed E-state index contributed by atoms with van der Waals surface area (Å²) in [4.78, 5) is 22.3. The summed E-state index contributed by atoms with van der Waals surface area (Å²) in [6.07, 6.45) is 0. The summed E-state index contributed by atoms with van der Waals surface area (Å²) >= 11 is 0. The predicted molar refractivity (Wildman–Crippen MR) is 122 cm³/mol. The van der Waals surface area contributed by atoms with Gasteiger partial charge in [-0.25, -0.2) is 13.2 Å². The van der Waals surface area contributed by atoms with Crippen molar-refractivity contribution >= 4 is 27.4 Å². The lowest BCUT2D eigenvalue weighted by molar-refractivity contribution is -0.384. The Balaban J connectivity index is 1.61. The van der Waals surface area contributed by atoms with Crippen LogP contribution in [0.4, 0.5) is 11.4 Å². The van der Waals surface area contributed by atoms with Gasteiger partial charge in [0.25, 0.3) is 15.7 Å². The standard InChI is InChI=1S/C23H22N2O7S/c1-16-4-13-22(14-17(16)2)33(29,30)24(3)18-5-11-21(12-6-18)32-23(26)15-31-20-9-7-19(8-10-20)25(27)28/h4-14H,15H2,1-3H3. The van der Waals surface area contributed by atoms with Crippen LogP contribution in [0.5, 0.6) is 11.5 Å². The molecule has 0 saturated heterocycles. The van der Waals surface area contributed by atoms with Crippen molar-refractivity contribution in [3.63, 3.8) is 0 Å². The van der Waals surface area contributed by atoms with E-state index in [1.165, 1.54) is 55.6 Å². The Labute approximate surface area is 191 Å². The molecule has 0 aliphatic rings. The van der Waals surface area contributed by atoms with E-state index in [0.29, 0.717) is 5.69 Å². The first kappa shape index (κ1) is 23.7. The number of ether oxygens (including phenoxy) is 2. The number of carbonyl (C=O) groups excluding carboxylic acids is 1. The van der Waals surface area contributed by atoms with Crippen molar-refractivity contribution in [2.45, 2.75) is 18.7 Å². The average molecular weight is 471 g/mol. The first-order valence-electron chi connectivity index (χ1n) is 9.82. The summed E-state index contributed by atoms with van der Waals surface area (Å²) in [5, 5.41) is 10.7. The van der Waals surface area contributed by atoms with E-state index in [4.69, 9.17) is 9.47 Å². The minimum atomic E-state index is -3.75. The molecule has 0 radical (unpaired) electrons. The number of rotatable bonds is 8. The summed E-state index contributed by atoms with van der Waals surface area (Å²) in [6, 6.07) is 16.3. The van der Waals surface area contributed by atoms with Gasteiger partial charge in [-0.2, -0.15) is 0 Å². The van der Waals surface area contributed by atoms with Gasteiger partial charge in [0.15, 0.2) is 6.61 Å². The van der Waals surface area contributed by atoms with Crippen LogP contribution in [0.15, 0.2) is 71.6 Å². The lowest BCUT2D eigenvalue weighted by Gasteiger charge is -2.20. The van der Waals surface area contributed by atoms with Crippen LogP contribution in [0, 0.1) is 24.0 Å². The third-order valence-corrected chi connectivity index (χ3v) is 6.75. The van der Waals surface area contributed by atoms with Gasteiger partial charge in [-0.1, -0.05) is 6.07 Å². The van der Waals surface area contributed by atoms with E-state index in [-0.39, 0.29) is 22.1 Å². The second-order valence-corrected chi connectivity index (χ2v) is 9.20.